The van der Waals surface area contributed by atoms with Crippen LogP contribution in [0.1, 0.15) is 16.8 Å². The molecule has 0 bridgehead atoms. The van der Waals surface area contributed by atoms with Gasteiger partial charge in [0.05, 0.1) is 11.0 Å². The van der Waals surface area contributed by atoms with Gasteiger partial charge in [-0.2, -0.15) is 0 Å². The second-order valence-corrected chi connectivity index (χ2v) is 4.48. The third-order valence-corrected chi connectivity index (χ3v) is 3.16. The molecule has 0 saturated carbocycles. The van der Waals surface area contributed by atoms with Crippen molar-refractivity contribution in [3.8, 4) is 0 Å². The molecule has 8 nitrogen and oxygen atoms in total. The predicted molar refractivity (Wildman–Crippen MR) is 66.2 cm³/mol. The predicted octanol–water partition coefficient (Wildman–Crippen LogP) is 0.255. The number of aliphatic carboxylic acids is 1. The number of carbonyl (C=O) groups excluding carboxylic acids is 1. The molecule has 1 amide bonds. The minimum absolute atomic E-state index is 0.0816. The van der Waals surface area contributed by atoms with E-state index < -0.39 is 28.9 Å². The highest BCUT2D eigenvalue weighted by Gasteiger charge is 2.40. The number of carbonyl (C=O) groups is 2. The van der Waals surface area contributed by atoms with Gasteiger partial charge in [-0.05, 0) is 6.07 Å². The van der Waals surface area contributed by atoms with Gasteiger partial charge in [-0.15, -0.1) is 0 Å². The zero-order valence-corrected chi connectivity index (χ0v) is 10.3. The average molecular weight is 280 g/mol. The number of para-hydroxylation sites is 1. The lowest BCUT2D eigenvalue weighted by Gasteiger charge is -2.20. The fraction of sp³-hybridized carbons (Fsp3) is 0.333. The first-order valence-electron chi connectivity index (χ1n) is 5.87. The SMILES string of the molecule is O=C(O)[C@H]1C[C@@H](O)CN1C(=O)c1ccccc1[N+](=O)[O-]. The number of nitrogens with zero attached hydrogens (tertiary/aromatic N) is 2. The summed E-state index contributed by atoms with van der Waals surface area (Å²) in [6.07, 6.45) is -1.02. The number of likely N-dealkylation sites (tertiary alicyclic amines) is 1. The Morgan fingerprint density at radius 1 is 1.35 bits per heavy atom. The Morgan fingerprint density at radius 2 is 2.00 bits per heavy atom. The Kier molecular flexibility index (Phi) is 3.66. The second kappa shape index (κ2) is 5.25. The van der Waals surface area contributed by atoms with E-state index in [1.54, 1.807) is 0 Å². The Labute approximate surface area is 113 Å². The Morgan fingerprint density at radius 3 is 2.60 bits per heavy atom. The van der Waals surface area contributed by atoms with Crippen molar-refractivity contribution in [3.05, 3.63) is 39.9 Å². The quantitative estimate of drug-likeness (QED) is 0.605. The lowest BCUT2D eigenvalue weighted by atomic mass is 10.1. The molecule has 2 atom stereocenters. The number of hydrogen-bond donors (Lipinski definition) is 2. The maximum Gasteiger partial charge on any atom is 0.326 e. The first kappa shape index (κ1) is 13.9. The van der Waals surface area contributed by atoms with Crippen molar-refractivity contribution in [1.29, 1.82) is 0 Å². The number of amides is 1. The summed E-state index contributed by atoms with van der Waals surface area (Å²) in [7, 11) is 0. The van der Waals surface area contributed by atoms with Crippen LogP contribution >= 0.6 is 0 Å². The van der Waals surface area contributed by atoms with E-state index >= 15 is 0 Å². The third kappa shape index (κ3) is 2.45. The summed E-state index contributed by atoms with van der Waals surface area (Å²) in [5.74, 6) is -2.00. The number of rotatable bonds is 3. The number of aliphatic hydroxyl groups excluding tert-OH is 1. The Hall–Kier alpha value is -2.48. The van der Waals surface area contributed by atoms with Gasteiger partial charge in [0.1, 0.15) is 11.6 Å². The van der Waals surface area contributed by atoms with Crippen molar-refractivity contribution in [2.75, 3.05) is 6.54 Å². The molecule has 1 fully saturated rings. The van der Waals surface area contributed by atoms with Gasteiger partial charge in [0.25, 0.3) is 11.6 Å². The molecule has 20 heavy (non-hydrogen) atoms. The van der Waals surface area contributed by atoms with Crippen LogP contribution in [0, 0.1) is 10.1 Å². The van der Waals surface area contributed by atoms with Gasteiger partial charge in [0.15, 0.2) is 0 Å². The molecule has 0 aromatic heterocycles. The van der Waals surface area contributed by atoms with E-state index in [-0.39, 0.29) is 24.2 Å². The van der Waals surface area contributed by atoms with Gasteiger partial charge in [0, 0.05) is 19.0 Å². The molecule has 2 rings (SSSR count). The van der Waals surface area contributed by atoms with Crippen molar-refractivity contribution in [2.45, 2.75) is 18.6 Å². The topological polar surface area (TPSA) is 121 Å². The number of hydrogen-bond acceptors (Lipinski definition) is 5. The summed E-state index contributed by atoms with van der Waals surface area (Å²) in [5.41, 5.74) is -0.569. The van der Waals surface area contributed by atoms with Crippen LogP contribution in [-0.2, 0) is 4.79 Å². The van der Waals surface area contributed by atoms with Crippen molar-refractivity contribution in [3.63, 3.8) is 0 Å². The molecular weight excluding hydrogens is 268 g/mol. The Balaban J connectivity index is 2.36. The zero-order valence-electron chi connectivity index (χ0n) is 10.3. The number of β-amino-alcohol motifs (C(OH)–C–C–N with tert-alkyl or cyclic N) is 1. The van der Waals surface area contributed by atoms with Crippen LogP contribution < -0.4 is 0 Å². The normalized spacial score (nSPS) is 21.8. The molecule has 1 aromatic carbocycles. The van der Waals surface area contributed by atoms with E-state index in [2.05, 4.69) is 0 Å². The maximum atomic E-state index is 12.3. The zero-order chi connectivity index (χ0) is 14.9. The molecule has 1 aliphatic heterocycles. The molecule has 0 spiro atoms. The molecule has 0 aliphatic carbocycles. The van der Waals surface area contributed by atoms with E-state index in [1.165, 1.54) is 24.3 Å². The van der Waals surface area contributed by atoms with Crippen LogP contribution in [-0.4, -0.2) is 50.6 Å². The molecule has 1 heterocycles. The summed E-state index contributed by atoms with van der Waals surface area (Å²) < 4.78 is 0. The summed E-state index contributed by atoms with van der Waals surface area (Å²) >= 11 is 0. The van der Waals surface area contributed by atoms with Crippen molar-refractivity contribution >= 4 is 17.6 Å². The van der Waals surface area contributed by atoms with Crippen LogP contribution in [0.15, 0.2) is 24.3 Å². The molecule has 0 radical (unpaired) electrons. The molecule has 0 unspecified atom stereocenters. The van der Waals surface area contributed by atoms with E-state index in [0.29, 0.717) is 0 Å². The maximum absolute atomic E-state index is 12.3. The summed E-state index contributed by atoms with van der Waals surface area (Å²) in [4.78, 5) is 34.5. The Bertz CT molecular complexity index is 573. The first-order chi connectivity index (χ1) is 9.41. The minimum atomic E-state index is -1.24. The first-order valence-corrected chi connectivity index (χ1v) is 5.87. The monoisotopic (exact) mass is 280 g/mol. The molecule has 1 aromatic rings. The van der Waals surface area contributed by atoms with Gasteiger partial charge in [-0.3, -0.25) is 14.9 Å². The van der Waals surface area contributed by atoms with Gasteiger partial charge in [0.2, 0.25) is 0 Å². The van der Waals surface area contributed by atoms with Crippen LogP contribution in [0.4, 0.5) is 5.69 Å². The van der Waals surface area contributed by atoms with Crippen molar-refractivity contribution < 1.29 is 24.7 Å². The average Bonchev–Trinajstić information content (AvgIpc) is 2.80. The lowest BCUT2D eigenvalue weighted by Crippen LogP contribution is -2.40. The minimum Gasteiger partial charge on any atom is -0.480 e. The second-order valence-electron chi connectivity index (χ2n) is 4.48. The number of carboxylic acids is 1. The molecule has 2 N–H and O–H groups in total. The van der Waals surface area contributed by atoms with E-state index in [0.717, 1.165) is 4.90 Å². The molecule has 1 saturated heterocycles. The number of carboxylic acid groups (broad SMARTS) is 1. The smallest absolute Gasteiger partial charge is 0.326 e. The highest BCUT2D eigenvalue weighted by Crippen LogP contribution is 2.25. The number of benzene rings is 1. The number of aliphatic hydroxyl groups is 1. The highest BCUT2D eigenvalue weighted by molar-refractivity contribution is 6.00. The van der Waals surface area contributed by atoms with Crippen LogP contribution in [0.3, 0.4) is 0 Å². The van der Waals surface area contributed by atoms with Crippen molar-refractivity contribution in [2.24, 2.45) is 0 Å². The largest absolute Gasteiger partial charge is 0.480 e. The molecule has 8 heteroatoms. The standard InChI is InChI=1S/C12H12N2O6/c15-7-5-10(12(17)18)13(6-7)11(16)8-3-1-2-4-9(8)14(19)20/h1-4,7,10,15H,5-6H2,(H,17,18)/t7-,10-/m1/s1. The molecular formula is C12H12N2O6. The van der Waals surface area contributed by atoms with Gasteiger partial charge >= 0.3 is 5.97 Å². The lowest BCUT2D eigenvalue weighted by molar-refractivity contribution is -0.385. The fourth-order valence-electron chi connectivity index (χ4n) is 2.24. The van der Waals surface area contributed by atoms with Crippen LogP contribution in [0.25, 0.3) is 0 Å². The molecule has 106 valence electrons. The third-order valence-electron chi connectivity index (χ3n) is 3.16. The van der Waals surface area contributed by atoms with Gasteiger partial charge in [-0.1, -0.05) is 12.1 Å². The fourth-order valence-corrected chi connectivity index (χ4v) is 2.24. The number of nitro benzene ring substituents is 1. The van der Waals surface area contributed by atoms with E-state index in [9.17, 15) is 24.8 Å². The van der Waals surface area contributed by atoms with Crippen LogP contribution in [0.5, 0.6) is 0 Å². The highest BCUT2D eigenvalue weighted by atomic mass is 16.6. The van der Waals surface area contributed by atoms with Gasteiger partial charge in [-0.25, -0.2) is 4.79 Å². The summed E-state index contributed by atoms with van der Waals surface area (Å²) in [6.45, 7) is -0.151. The summed E-state index contributed by atoms with van der Waals surface area (Å²) in [5, 5.41) is 29.4. The summed E-state index contributed by atoms with van der Waals surface area (Å²) in [6, 6.07) is 4.15. The van der Waals surface area contributed by atoms with E-state index in [4.69, 9.17) is 5.11 Å². The number of nitro groups is 1. The van der Waals surface area contributed by atoms with Crippen molar-refractivity contribution in [1.82, 2.24) is 4.90 Å². The van der Waals surface area contributed by atoms with E-state index in [1.807, 2.05) is 0 Å². The van der Waals surface area contributed by atoms with Crippen LogP contribution in [0.2, 0.25) is 0 Å². The van der Waals surface area contributed by atoms with Gasteiger partial charge < -0.3 is 15.1 Å². The molecule has 1 aliphatic rings.